The Bertz CT molecular complexity index is 611. The van der Waals surface area contributed by atoms with Crippen LogP contribution >= 0.6 is 15.9 Å². The molecule has 21 heavy (non-hydrogen) atoms. The van der Waals surface area contributed by atoms with E-state index >= 15 is 0 Å². The molecule has 2 aromatic rings. The molecule has 0 saturated heterocycles. The smallest absolute Gasteiger partial charge is 0.416 e. The number of hydrogen-bond donors (Lipinski definition) is 1. The standard InChI is InChI=1S/C15H13BrF3NO/c1-21-14-7-6-12(8-13(14)16)20-9-10-2-4-11(5-3-10)15(17,18)19/h2-8,20H,9H2,1H3. The summed E-state index contributed by atoms with van der Waals surface area (Å²) in [6.45, 7) is 0.441. The first-order valence-corrected chi connectivity index (χ1v) is 6.93. The predicted molar refractivity (Wildman–Crippen MR) is 79.5 cm³/mol. The molecule has 2 aromatic carbocycles. The van der Waals surface area contributed by atoms with Gasteiger partial charge in [0.05, 0.1) is 17.1 Å². The van der Waals surface area contributed by atoms with Gasteiger partial charge in [-0.1, -0.05) is 12.1 Å². The minimum absolute atomic E-state index is 0.441. The molecule has 1 N–H and O–H groups in total. The van der Waals surface area contributed by atoms with Crippen LogP contribution in [-0.4, -0.2) is 7.11 Å². The number of methoxy groups -OCH3 is 1. The van der Waals surface area contributed by atoms with Crippen molar-refractivity contribution in [1.29, 1.82) is 0 Å². The lowest BCUT2D eigenvalue weighted by molar-refractivity contribution is -0.137. The maximum atomic E-state index is 12.5. The van der Waals surface area contributed by atoms with Gasteiger partial charge in [0.15, 0.2) is 0 Å². The van der Waals surface area contributed by atoms with Gasteiger partial charge in [-0.2, -0.15) is 13.2 Å². The fourth-order valence-corrected chi connectivity index (χ4v) is 2.33. The Morgan fingerprint density at radius 1 is 1.10 bits per heavy atom. The zero-order valence-corrected chi connectivity index (χ0v) is 12.8. The van der Waals surface area contributed by atoms with E-state index in [0.29, 0.717) is 6.54 Å². The van der Waals surface area contributed by atoms with E-state index in [0.717, 1.165) is 33.6 Å². The highest BCUT2D eigenvalue weighted by molar-refractivity contribution is 9.10. The lowest BCUT2D eigenvalue weighted by Gasteiger charge is -2.10. The van der Waals surface area contributed by atoms with Crippen molar-refractivity contribution in [3.8, 4) is 5.75 Å². The topological polar surface area (TPSA) is 21.3 Å². The number of hydrogen-bond acceptors (Lipinski definition) is 2. The Balaban J connectivity index is 2.01. The summed E-state index contributed by atoms with van der Waals surface area (Å²) >= 11 is 3.37. The van der Waals surface area contributed by atoms with Crippen LogP contribution < -0.4 is 10.1 Å². The number of nitrogens with one attached hydrogen (secondary N) is 1. The minimum atomic E-state index is -4.30. The number of rotatable bonds is 4. The van der Waals surface area contributed by atoms with E-state index in [2.05, 4.69) is 21.2 Å². The zero-order valence-electron chi connectivity index (χ0n) is 11.2. The van der Waals surface area contributed by atoms with Crippen molar-refractivity contribution in [2.75, 3.05) is 12.4 Å². The highest BCUT2D eigenvalue weighted by atomic mass is 79.9. The van der Waals surface area contributed by atoms with Crippen molar-refractivity contribution < 1.29 is 17.9 Å². The normalized spacial score (nSPS) is 11.3. The molecule has 0 atom stereocenters. The molecule has 2 nitrogen and oxygen atoms in total. The van der Waals surface area contributed by atoms with Crippen molar-refractivity contribution >= 4 is 21.6 Å². The maximum absolute atomic E-state index is 12.5. The van der Waals surface area contributed by atoms with E-state index in [4.69, 9.17) is 4.74 Å². The van der Waals surface area contributed by atoms with Gasteiger partial charge in [0.1, 0.15) is 5.75 Å². The van der Waals surface area contributed by atoms with Crippen LogP contribution in [0.2, 0.25) is 0 Å². The quantitative estimate of drug-likeness (QED) is 0.820. The molecule has 0 aliphatic rings. The number of ether oxygens (including phenoxy) is 1. The second-order valence-electron chi connectivity index (χ2n) is 4.40. The molecule has 0 amide bonds. The molecule has 0 aromatic heterocycles. The summed E-state index contributed by atoms with van der Waals surface area (Å²) in [5.74, 6) is 0.718. The van der Waals surface area contributed by atoms with Crippen LogP contribution in [0.3, 0.4) is 0 Å². The molecule has 0 radical (unpaired) electrons. The lowest BCUT2D eigenvalue weighted by atomic mass is 10.1. The molecule has 0 saturated carbocycles. The summed E-state index contributed by atoms with van der Waals surface area (Å²) in [4.78, 5) is 0. The van der Waals surface area contributed by atoms with Gasteiger partial charge in [0, 0.05) is 12.2 Å². The van der Waals surface area contributed by atoms with E-state index in [1.807, 2.05) is 12.1 Å². The molecular weight excluding hydrogens is 347 g/mol. The molecule has 0 spiro atoms. The molecule has 2 rings (SSSR count). The van der Waals surface area contributed by atoms with Crippen LogP contribution in [0.5, 0.6) is 5.75 Å². The van der Waals surface area contributed by atoms with Gasteiger partial charge in [-0.05, 0) is 51.8 Å². The SMILES string of the molecule is COc1ccc(NCc2ccc(C(F)(F)F)cc2)cc1Br. The highest BCUT2D eigenvalue weighted by Crippen LogP contribution is 2.30. The van der Waals surface area contributed by atoms with Crippen molar-refractivity contribution in [2.45, 2.75) is 12.7 Å². The van der Waals surface area contributed by atoms with Crippen LogP contribution in [0.25, 0.3) is 0 Å². The molecule has 0 unspecified atom stereocenters. The summed E-state index contributed by atoms with van der Waals surface area (Å²) < 4.78 is 43.3. The Morgan fingerprint density at radius 2 is 1.76 bits per heavy atom. The lowest BCUT2D eigenvalue weighted by Crippen LogP contribution is -2.05. The van der Waals surface area contributed by atoms with E-state index < -0.39 is 11.7 Å². The van der Waals surface area contributed by atoms with Crippen LogP contribution in [0.4, 0.5) is 18.9 Å². The van der Waals surface area contributed by atoms with Gasteiger partial charge in [-0.3, -0.25) is 0 Å². The number of benzene rings is 2. The minimum Gasteiger partial charge on any atom is -0.496 e. The maximum Gasteiger partial charge on any atom is 0.416 e. The monoisotopic (exact) mass is 359 g/mol. The number of halogens is 4. The summed E-state index contributed by atoms with van der Waals surface area (Å²) in [5.41, 5.74) is 0.982. The Morgan fingerprint density at radius 3 is 2.29 bits per heavy atom. The second kappa shape index (κ2) is 6.39. The van der Waals surface area contributed by atoms with Gasteiger partial charge in [0.25, 0.3) is 0 Å². The third kappa shape index (κ3) is 4.14. The van der Waals surface area contributed by atoms with Crippen LogP contribution in [0, 0.1) is 0 Å². The second-order valence-corrected chi connectivity index (χ2v) is 5.25. The van der Waals surface area contributed by atoms with Crippen molar-refractivity contribution in [3.63, 3.8) is 0 Å². The van der Waals surface area contributed by atoms with Gasteiger partial charge < -0.3 is 10.1 Å². The number of anilines is 1. The molecule has 112 valence electrons. The predicted octanol–water partition coefficient (Wildman–Crippen LogP) is 5.09. The summed E-state index contributed by atoms with van der Waals surface area (Å²) in [5, 5.41) is 3.14. The molecular formula is C15H13BrF3NO. The first kappa shape index (κ1) is 15.7. The third-order valence-electron chi connectivity index (χ3n) is 2.93. The first-order valence-electron chi connectivity index (χ1n) is 6.13. The van der Waals surface area contributed by atoms with Crippen molar-refractivity contribution in [2.24, 2.45) is 0 Å². The van der Waals surface area contributed by atoms with E-state index in [-0.39, 0.29) is 0 Å². The average molecular weight is 360 g/mol. The van der Waals surface area contributed by atoms with Crippen molar-refractivity contribution in [1.82, 2.24) is 0 Å². The van der Waals surface area contributed by atoms with Gasteiger partial charge >= 0.3 is 6.18 Å². The van der Waals surface area contributed by atoms with Gasteiger partial charge in [-0.15, -0.1) is 0 Å². The van der Waals surface area contributed by atoms with Crippen molar-refractivity contribution in [3.05, 3.63) is 58.1 Å². The van der Waals surface area contributed by atoms with Crippen LogP contribution in [0.1, 0.15) is 11.1 Å². The largest absolute Gasteiger partial charge is 0.496 e. The van der Waals surface area contributed by atoms with Gasteiger partial charge in [0.2, 0.25) is 0 Å². The Kier molecular flexibility index (Phi) is 4.77. The van der Waals surface area contributed by atoms with E-state index in [1.165, 1.54) is 12.1 Å². The summed E-state index contributed by atoms with van der Waals surface area (Å²) in [6, 6.07) is 10.6. The third-order valence-corrected chi connectivity index (χ3v) is 3.55. The molecule has 0 aliphatic carbocycles. The Hall–Kier alpha value is -1.69. The highest BCUT2D eigenvalue weighted by Gasteiger charge is 2.29. The first-order chi connectivity index (χ1) is 9.90. The molecule has 0 fully saturated rings. The molecule has 0 aliphatic heterocycles. The number of alkyl halides is 3. The average Bonchev–Trinajstić information content (AvgIpc) is 2.45. The van der Waals surface area contributed by atoms with Crippen LogP contribution in [-0.2, 0) is 12.7 Å². The summed E-state index contributed by atoms with van der Waals surface area (Å²) in [6.07, 6.45) is -4.30. The molecule has 0 heterocycles. The molecule has 6 heteroatoms. The fraction of sp³-hybridized carbons (Fsp3) is 0.200. The zero-order chi connectivity index (χ0) is 15.5. The molecule has 0 bridgehead atoms. The van der Waals surface area contributed by atoms with Crippen LogP contribution in [0.15, 0.2) is 46.9 Å². The van der Waals surface area contributed by atoms with E-state index in [9.17, 15) is 13.2 Å². The Labute approximate surface area is 129 Å². The summed E-state index contributed by atoms with van der Waals surface area (Å²) in [7, 11) is 1.58. The van der Waals surface area contributed by atoms with E-state index in [1.54, 1.807) is 13.2 Å². The fourth-order valence-electron chi connectivity index (χ4n) is 1.79. The van der Waals surface area contributed by atoms with Gasteiger partial charge in [-0.25, -0.2) is 0 Å².